The predicted molar refractivity (Wildman–Crippen MR) is 94.6 cm³/mol. The van der Waals surface area contributed by atoms with Crippen LogP contribution in [-0.2, 0) is 18.9 Å². The topological polar surface area (TPSA) is 36.9 Å². The van der Waals surface area contributed by atoms with Crippen LogP contribution in [0.2, 0.25) is 0 Å². The minimum absolute atomic E-state index is 0.155. The number of ether oxygens (including phenoxy) is 4. The quantitative estimate of drug-likeness (QED) is 0.360. The van der Waals surface area contributed by atoms with Gasteiger partial charge in [-0.2, -0.15) is 0 Å². The van der Waals surface area contributed by atoms with E-state index in [0.29, 0.717) is 32.3 Å². The van der Waals surface area contributed by atoms with Gasteiger partial charge in [0.1, 0.15) is 6.61 Å². The molecule has 2 atom stereocenters. The van der Waals surface area contributed by atoms with Crippen LogP contribution in [0.5, 0.6) is 0 Å². The van der Waals surface area contributed by atoms with Crippen LogP contribution in [0.15, 0.2) is 0 Å². The second-order valence-electron chi connectivity index (χ2n) is 7.04. The first-order valence-corrected chi connectivity index (χ1v) is 8.56. The summed E-state index contributed by atoms with van der Waals surface area (Å²) in [5.41, 5.74) is -0.370. The molecule has 0 aliphatic carbocycles. The predicted octanol–water partition coefficient (Wildman–Crippen LogP) is 3.68. The molecule has 4 nitrogen and oxygen atoms in total. The van der Waals surface area contributed by atoms with Gasteiger partial charge in [-0.15, -0.1) is 6.42 Å². The summed E-state index contributed by atoms with van der Waals surface area (Å²) in [6.07, 6.45) is 7.82. The van der Waals surface area contributed by atoms with Gasteiger partial charge in [0.15, 0.2) is 0 Å². The smallest absolute Gasteiger partial charge is 0.107 e. The molecule has 0 aromatic rings. The Hall–Kier alpha value is -0.600. The van der Waals surface area contributed by atoms with Crippen molar-refractivity contribution in [3.63, 3.8) is 0 Å². The minimum Gasteiger partial charge on any atom is -0.384 e. The summed E-state index contributed by atoms with van der Waals surface area (Å²) in [7, 11) is 1.72. The van der Waals surface area contributed by atoms with Gasteiger partial charge in [-0.3, -0.25) is 0 Å². The van der Waals surface area contributed by atoms with Gasteiger partial charge in [-0.05, 0) is 40.0 Å². The van der Waals surface area contributed by atoms with Crippen molar-refractivity contribution in [1.82, 2.24) is 0 Å². The summed E-state index contributed by atoms with van der Waals surface area (Å²) in [5, 5.41) is 0. The maximum Gasteiger partial charge on any atom is 0.107 e. The highest BCUT2D eigenvalue weighted by Gasteiger charge is 2.26. The minimum atomic E-state index is -0.216. The lowest BCUT2D eigenvalue weighted by Gasteiger charge is -2.32. The van der Waals surface area contributed by atoms with Crippen LogP contribution < -0.4 is 0 Å². The van der Waals surface area contributed by atoms with Gasteiger partial charge >= 0.3 is 0 Å². The molecule has 0 radical (unpaired) electrons. The van der Waals surface area contributed by atoms with Gasteiger partial charge in [-0.25, -0.2) is 0 Å². The van der Waals surface area contributed by atoms with E-state index < -0.39 is 0 Å². The highest BCUT2D eigenvalue weighted by molar-refractivity contribution is 4.83. The number of hydrogen-bond acceptors (Lipinski definition) is 4. The lowest BCUT2D eigenvalue weighted by atomic mass is 9.98. The fourth-order valence-electron chi connectivity index (χ4n) is 2.09. The third-order valence-corrected chi connectivity index (χ3v) is 4.07. The Morgan fingerprint density at radius 3 is 2.30 bits per heavy atom. The second kappa shape index (κ2) is 11.9. The van der Waals surface area contributed by atoms with E-state index in [1.54, 1.807) is 7.11 Å². The molecular formula is C19H36O4. The SMILES string of the molecule is C#CCOCCC(C)(C)OCCC(C)(CC)OCC(C)COC. The van der Waals surface area contributed by atoms with Crippen molar-refractivity contribution >= 4 is 0 Å². The zero-order chi connectivity index (χ0) is 17.8. The maximum absolute atomic E-state index is 6.11. The van der Waals surface area contributed by atoms with E-state index in [2.05, 4.69) is 40.5 Å². The first-order valence-electron chi connectivity index (χ1n) is 8.56. The summed E-state index contributed by atoms with van der Waals surface area (Å²) in [5.74, 6) is 2.87. The van der Waals surface area contributed by atoms with Crippen molar-refractivity contribution in [3.05, 3.63) is 0 Å². The summed E-state index contributed by atoms with van der Waals surface area (Å²) >= 11 is 0. The first-order chi connectivity index (χ1) is 10.8. The van der Waals surface area contributed by atoms with Crippen molar-refractivity contribution in [1.29, 1.82) is 0 Å². The van der Waals surface area contributed by atoms with Crippen LogP contribution in [0.3, 0.4) is 0 Å². The highest BCUT2D eigenvalue weighted by atomic mass is 16.5. The molecule has 0 saturated carbocycles. The van der Waals surface area contributed by atoms with E-state index in [-0.39, 0.29) is 11.2 Å². The highest BCUT2D eigenvalue weighted by Crippen LogP contribution is 2.23. The van der Waals surface area contributed by atoms with E-state index in [1.807, 2.05) is 0 Å². The molecule has 136 valence electrons. The zero-order valence-corrected chi connectivity index (χ0v) is 15.9. The van der Waals surface area contributed by atoms with Crippen molar-refractivity contribution in [2.75, 3.05) is 40.1 Å². The van der Waals surface area contributed by atoms with Crippen molar-refractivity contribution < 1.29 is 18.9 Å². The Morgan fingerprint density at radius 1 is 1.04 bits per heavy atom. The number of hydrogen-bond donors (Lipinski definition) is 0. The van der Waals surface area contributed by atoms with Gasteiger partial charge < -0.3 is 18.9 Å². The van der Waals surface area contributed by atoms with Gasteiger partial charge in [-0.1, -0.05) is 19.8 Å². The monoisotopic (exact) mass is 328 g/mol. The van der Waals surface area contributed by atoms with Crippen LogP contribution in [0.4, 0.5) is 0 Å². The van der Waals surface area contributed by atoms with Crippen LogP contribution in [0.25, 0.3) is 0 Å². The second-order valence-corrected chi connectivity index (χ2v) is 7.04. The van der Waals surface area contributed by atoms with Crippen LogP contribution in [0.1, 0.15) is 53.9 Å². The van der Waals surface area contributed by atoms with Crippen LogP contribution in [0, 0.1) is 18.3 Å². The normalized spacial score (nSPS) is 15.9. The average Bonchev–Trinajstić information content (AvgIpc) is 2.50. The van der Waals surface area contributed by atoms with E-state index in [0.717, 1.165) is 25.9 Å². The fraction of sp³-hybridized carbons (Fsp3) is 0.895. The Labute approximate surface area is 143 Å². The lowest BCUT2D eigenvalue weighted by Crippen LogP contribution is -2.34. The Kier molecular flexibility index (Phi) is 11.6. The standard InChI is InChI=1S/C19H36O4/c1-8-12-21-13-10-18(4,5)22-14-11-19(6,9-2)23-16-17(3)15-20-7/h1,17H,9-16H2,2-7H3. The zero-order valence-electron chi connectivity index (χ0n) is 15.9. The van der Waals surface area contributed by atoms with Gasteiger partial charge in [0.25, 0.3) is 0 Å². The summed E-state index contributed by atoms with van der Waals surface area (Å²) in [6, 6.07) is 0. The molecule has 0 fully saturated rings. The lowest BCUT2D eigenvalue weighted by molar-refractivity contribution is -0.0971. The Morgan fingerprint density at radius 2 is 1.74 bits per heavy atom. The average molecular weight is 328 g/mol. The largest absolute Gasteiger partial charge is 0.384 e. The fourth-order valence-corrected chi connectivity index (χ4v) is 2.09. The number of rotatable bonds is 14. The van der Waals surface area contributed by atoms with Gasteiger partial charge in [0.05, 0.1) is 37.6 Å². The Balaban J connectivity index is 4.10. The summed E-state index contributed by atoms with van der Waals surface area (Å²) < 4.78 is 22.6. The molecule has 2 unspecified atom stereocenters. The third-order valence-electron chi connectivity index (χ3n) is 4.07. The van der Waals surface area contributed by atoms with Crippen molar-refractivity contribution in [3.8, 4) is 12.3 Å². The summed E-state index contributed by atoms with van der Waals surface area (Å²) in [6.45, 7) is 13.7. The van der Waals surface area contributed by atoms with Gasteiger partial charge in [0, 0.05) is 13.0 Å². The molecule has 0 amide bonds. The summed E-state index contributed by atoms with van der Waals surface area (Å²) in [4.78, 5) is 0. The van der Waals surface area contributed by atoms with Crippen LogP contribution in [-0.4, -0.2) is 51.3 Å². The molecule has 0 aliphatic rings. The van der Waals surface area contributed by atoms with Gasteiger partial charge in [0.2, 0.25) is 0 Å². The number of methoxy groups -OCH3 is 1. The molecule has 23 heavy (non-hydrogen) atoms. The van der Waals surface area contributed by atoms with Crippen molar-refractivity contribution in [2.45, 2.75) is 65.1 Å². The van der Waals surface area contributed by atoms with E-state index >= 15 is 0 Å². The molecule has 0 saturated heterocycles. The first kappa shape index (κ1) is 22.4. The van der Waals surface area contributed by atoms with E-state index in [9.17, 15) is 0 Å². The molecule has 0 aliphatic heterocycles. The molecule has 0 aromatic carbocycles. The molecule has 4 heteroatoms. The molecule has 0 spiro atoms. The molecular weight excluding hydrogens is 292 g/mol. The Bertz CT molecular complexity index is 335. The van der Waals surface area contributed by atoms with E-state index in [1.165, 1.54) is 0 Å². The number of terminal acetylenes is 1. The molecule has 0 rings (SSSR count). The molecule has 0 N–H and O–H groups in total. The van der Waals surface area contributed by atoms with Crippen molar-refractivity contribution in [2.24, 2.45) is 5.92 Å². The molecule has 0 heterocycles. The van der Waals surface area contributed by atoms with Crippen LogP contribution >= 0.6 is 0 Å². The third kappa shape index (κ3) is 11.6. The molecule has 0 aromatic heterocycles. The maximum atomic E-state index is 6.11. The van der Waals surface area contributed by atoms with E-state index in [4.69, 9.17) is 25.4 Å². The molecule has 0 bridgehead atoms.